The standard InChI is InChI=1S/C6H7NO3.Na.H/c1-10-5-4(8)2-3-7-6(5)9;;/h2-3H,1H3,(H2,7,8,9);;/q;+1;-1. The van der Waals surface area contributed by atoms with Crippen molar-refractivity contribution in [1.82, 2.24) is 4.98 Å². The largest absolute Gasteiger partial charge is 1.00 e. The molecule has 0 saturated carbocycles. The van der Waals surface area contributed by atoms with Crippen LogP contribution in [-0.2, 0) is 0 Å². The molecule has 1 rings (SSSR count). The summed E-state index contributed by atoms with van der Waals surface area (Å²) in [4.78, 5) is 13.1. The molecule has 11 heavy (non-hydrogen) atoms. The number of aromatic hydroxyl groups is 1. The summed E-state index contributed by atoms with van der Waals surface area (Å²) in [7, 11) is 1.32. The summed E-state index contributed by atoms with van der Waals surface area (Å²) >= 11 is 0. The number of hydrogen-bond acceptors (Lipinski definition) is 3. The Balaban J connectivity index is 0. The van der Waals surface area contributed by atoms with Gasteiger partial charge in [-0.3, -0.25) is 4.79 Å². The number of ether oxygens (including phenoxy) is 1. The monoisotopic (exact) mass is 165 g/mol. The van der Waals surface area contributed by atoms with Crippen LogP contribution in [0.3, 0.4) is 0 Å². The van der Waals surface area contributed by atoms with Gasteiger partial charge in [-0.05, 0) is 0 Å². The number of hydrogen-bond donors (Lipinski definition) is 2. The zero-order valence-electron chi connectivity index (χ0n) is 7.42. The molecule has 5 heteroatoms. The topological polar surface area (TPSA) is 62.3 Å². The first-order valence-electron chi connectivity index (χ1n) is 2.70. The zero-order chi connectivity index (χ0) is 7.56. The maximum Gasteiger partial charge on any atom is 1.00 e. The molecule has 0 aliphatic carbocycles. The van der Waals surface area contributed by atoms with Gasteiger partial charge < -0.3 is 16.3 Å². The second-order valence-electron chi connectivity index (χ2n) is 1.73. The number of methoxy groups -OCH3 is 1. The molecule has 0 fully saturated rings. The van der Waals surface area contributed by atoms with Gasteiger partial charge in [0.25, 0.3) is 5.56 Å². The Morgan fingerprint density at radius 2 is 2.36 bits per heavy atom. The number of aromatic nitrogens is 1. The van der Waals surface area contributed by atoms with Crippen molar-refractivity contribution < 1.29 is 40.8 Å². The van der Waals surface area contributed by atoms with E-state index in [0.29, 0.717) is 0 Å². The van der Waals surface area contributed by atoms with Gasteiger partial charge in [0.1, 0.15) is 0 Å². The summed E-state index contributed by atoms with van der Waals surface area (Å²) in [5.41, 5.74) is -0.428. The molecule has 0 spiro atoms. The summed E-state index contributed by atoms with van der Waals surface area (Å²) in [6, 6.07) is 1.35. The molecule has 0 aliphatic rings. The second kappa shape index (κ2) is 4.43. The third-order valence-electron chi connectivity index (χ3n) is 1.10. The molecule has 1 aromatic rings. The Kier molecular flexibility index (Phi) is 4.25. The molecule has 2 N–H and O–H groups in total. The number of H-pyrrole nitrogens is 1. The van der Waals surface area contributed by atoms with Crippen molar-refractivity contribution in [3.05, 3.63) is 22.6 Å². The minimum Gasteiger partial charge on any atom is -1.00 e. The summed E-state index contributed by atoms with van der Waals surface area (Å²) in [6.45, 7) is 0. The Morgan fingerprint density at radius 1 is 1.73 bits per heavy atom. The van der Waals surface area contributed by atoms with E-state index in [1.165, 1.54) is 19.4 Å². The van der Waals surface area contributed by atoms with Gasteiger partial charge in [-0.25, -0.2) is 0 Å². The average molecular weight is 165 g/mol. The van der Waals surface area contributed by atoms with E-state index in [4.69, 9.17) is 5.11 Å². The van der Waals surface area contributed by atoms with E-state index in [2.05, 4.69) is 9.72 Å². The molecule has 0 unspecified atom stereocenters. The Bertz CT molecular complexity index is 288. The minimum atomic E-state index is -0.428. The van der Waals surface area contributed by atoms with Gasteiger partial charge in [-0.1, -0.05) is 0 Å². The van der Waals surface area contributed by atoms with Crippen LogP contribution in [0.1, 0.15) is 1.43 Å². The van der Waals surface area contributed by atoms with Gasteiger partial charge in [0.05, 0.1) is 7.11 Å². The van der Waals surface area contributed by atoms with Crippen molar-refractivity contribution in [2.24, 2.45) is 0 Å². The van der Waals surface area contributed by atoms with Crippen LogP contribution in [0.5, 0.6) is 11.5 Å². The van der Waals surface area contributed by atoms with E-state index in [9.17, 15) is 4.79 Å². The van der Waals surface area contributed by atoms with Crippen LogP contribution in [0.15, 0.2) is 17.1 Å². The Morgan fingerprint density at radius 3 is 2.73 bits per heavy atom. The van der Waals surface area contributed by atoms with Crippen LogP contribution >= 0.6 is 0 Å². The fraction of sp³-hybridized carbons (Fsp3) is 0.167. The van der Waals surface area contributed by atoms with E-state index in [1.54, 1.807) is 0 Å². The van der Waals surface area contributed by atoms with Crippen LogP contribution < -0.4 is 39.9 Å². The normalized spacial score (nSPS) is 8.45. The SMILES string of the molecule is COc1c(O)cc[nH]c1=O.[H-].[Na+]. The van der Waals surface area contributed by atoms with E-state index in [1.807, 2.05) is 0 Å². The molecule has 0 aromatic carbocycles. The van der Waals surface area contributed by atoms with E-state index < -0.39 is 5.56 Å². The molecule has 0 amide bonds. The summed E-state index contributed by atoms with van der Waals surface area (Å²) in [5, 5.41) is 8.95. The quantitative estimate of drug-likeness (QED) is 0.442. The fourth-order valence-corrected chi connectivity index (χ4v) is 0.651. The molecule has 0 saturated heterocycles. The van der Waals surface area contributed by atoms with Gasteiger partial charge in [0.2, 0.25) is 5.75 Å². The van der Waals surface area contributed by atoms with Gasteiger partial charge in [0.15, 0.2) is 5.75 Å². The average Bonchev–Trinajstić information content (AvgIpc) is 1.88. The molecular formula is C6H8NNaO3. The van der Waals surface area contributed by atoms with Crippen LogP contribution in [0.2, 0.25) is 0 Å². The summed E-state index contributed by atoms with van der Waals surface area (Å²) < 4.78 is 4.58. The molecule has 0 radical (unpaired) electrons. The smallest absolute Gasteiger partial charge is 1.00 e. The van der Waals surface area contributed by atoms with Crippen LogP contribution in [0.4, 0.5) is 0 Å². The van der Waals surface area contributed by atoms with Crippen LogP contribution in [0.25, 0.3) is 0 Å². The van der Waals surface area contributed by atoms with Crippen molar-refractivity contribution in [3.8, 4) is 11.5 Å². The predicted molar refractivity (Wildman–Crippen MR) is 36.4 cm³/mol. The van der Waals surface area contributed by atoms with Crippen LogP contribution in [0, 0.1) is 0 Å². The van der Waals surface area contributed by atoms with Crippen molar-refractivity contribution in [2.45, 2.75) is 0 Å². The third-order valence-corrected chi connectivity index (χ3v) is 1.10. The van der Waals surface area contributed by atoms with Crippen molar-refractivity contribution in [3.63, 3.8) is 0 Å². The van der Waals surface area contributed by atoms with Gasteiger partial charge in [-0.15, -0.1) is 0 Å². The van der Waals surface area contributed by atoms with Gasteiger partial charge >= 0.3 is 29.6 Å². The Hall–Kier alpha value is -0.450. The predicted octanol–water partition coefficient (Wildman–Crippen LogP) is -2.79. The Labute approximate surface area is 87.0 Å². The van der Waals surface area contributed by atoms with Crippen molar-refractivity contribution in [2.75, 3.05) is 7.11 Å². The first kappa shape index (κ1) is 10.6. The second-order valence-corrected chi connectivity index (χ2v) is 1.73. The summed E-state index contributed by atoms with van der Waals surface area (Å²) in [6.07, 6.45) is 1.35. The first-order valence-corrected chi connectivity index (χ1v) is 2.70. The maximum atomic E-state index is 10.7. The molecule has 56 valence electrons. The van der Waals surface area contributed by atoms with Gasteiger partial charge in [0, 0.05) is 12.3 Å². The minimum absolute atomic E-state index is 0. The van der Waals surface area contributed by atoms with Crippen molar-refractivity contribution >= 4 is 0 Å². The summed E-state index contributed by atoms with van der Waals surface area (Å²) in [5.74, 6) is -0.200. The zero-order valence-corrected chi connectivity index (χ0v) is 8.42. The molecule has 0 bridgehead atoms. The third kappa shape index (κ3) is 2.25. The van der Waals surface area contributed by atoms with Gasteiger partial charge in [-0.2, -0.15) is 0 Å². The van der Waals surface area contributed by atoms with E-state index in [0.717, 1.165) is 0 Å². The van der Waals surface area contributed by atoms with E-state index >= 15 is 0 Å². The van der Waals surface area contributed by atoms with E-state index in [-0.39, 0.29) is 42.5 Å². The number of pyridine rings is 1. The maximum absolute atomic E-state index is 10.7. The van der Waals surface area contributed by atoms with Crippen molar-refractivity contribution in [1.29, 1.82) is 0 Å². The molecule has 4 nitrogen and oxygen atoms in total. The van der Waals surface area contributed by atoms with Crippen LogP contribution in [-0.4, -0.2) is 17.2 Å². The molecular weight excluding hydrogens is 157 g/mol. The molecule has 0 atom stereocenters. The fourth-order valence-electron chi connectivity index (χ4n) is 0.651. The first-order chi connectivity index (χ1) is 4.75. The number of aromatic amines is 1. The molecule has 1 heterocycles. The number of rotatable bonds is 1. The molecule has 0 aliphatic heterocycles. The number of nitrogens with one attached hydrogen (secondary N) is 1. The molecule has 1 aromatic heterocycles.